The van der Waals surface area contributed by atoms with Crippen LogP contribution >= 0.6 is 0 Å². The Morgan fingerprint density at radius 1 is 1.44 bits per heavy atom. The van der Waals surface area contributed by atoms with E-state index in [-0.39, 0.29) is 23.1 Å². The summed E-state index contributed by atoms with van der Waals surface area (Å²) < 4.78 is 5.02. The summed E-state index contributed by atoms with van der Waals surface area (Å²) in [4.78, 5) is 22.9. The van der Waals surface area contributed by atoms with Gasteiger partial charge in [0.25, 0.3) is 0 Å². The number of ether oxygens (including phenoxy) is 1. The third-order valence-corrected chi connectivity index (χ3v) is 3.16. The zero-order valence-corrected chi connectivity index (χ0v) is 10.3. The number of carboxylic acid groups (broad SMARTS) is 1. The Kier molecular flexibility index (Phi) is 3.23. The number of hydrogen-bond donors (Lipinski definition) is 2. The van der Waals surface area contributed by atoms with Crippen molar-refractivity contribution in [2.24, 2.45) is 11.8 Å². The lowest BCUT2D eigenvalue weighted by Gasteiger charge is -2.10. The molecule has 2 rings (SSSR count). The van der Waals surface area contributed by atoms with E-state index in [4.69, 9.17) is 9.84 Å². The third-order valence-electron chi connectivity index (χ3n) is 3.16. The number of rotatable bonds is 4. The fraction of sp³-hybridized carbons (Fsp3) is 0.385. The highest BCUT2D eigenvalue weighted by molar-refractivity contribution is 6.02. The Labute approximate surface area is 105 Å². The van der Waals surface area contributed by atoms with Crippen LogP contribution in [0, 0.1) is 11.8 Å². The molecule has 96 valence electrons. The topological polar surface area (TPSA) is 75.6 Å². The summed E-state index contributed by atoms with van der Waals surface area (Å²) in [6, 6.07) is 4.50. The molecular formula is C13H15NO4. The SMILES string of the molecule is COc1ccc(C(=O)O)c(NC(=O)C2CC2C)c1. The number of nitrogens with one attached hydrogen (secondary N) is 1. The van der Waals surface area contributed by atoms with Gasteiger partial charge in [-0.2, -0.15) is 0 Å². The molecule has 1 aromatic carbocycles. The quantitative estimate of drug-likeness (QED) is 0.855. The Morgan fingerprint density at radius 2 is 2.11 bits per heavy atom. The second-order valence-electron chi connectivity index (χ2n) is 4.53. The Morgan fingerprint density at radius 3 is 2.61 bits per heavy atom. The largest absolute Gasteiger partial charge is 0.497 e. The van der Waals surface area contributed by atoms with Crippen molar-refractivity contribution < 1.29 is 19.4 Å². The molecule has 2 atom stereocenters. The smallest absolute Gasteiger partial charge is 0.337 e. The van der Waals surface area contributed by atoms with Crippen LogP contribution in [0.4, 0.5) is 5.69 Å². The zero-order chi connectivity index (χ0) is 13.3. The molecule has 1 aliphatic carbocycles. The Bertz CT molecular complexity index is 498. The Balaban J connectivity index is 2.23. The first-order chi connectivity index (χ1) is 8.52. The third kappa shape index (κ3) is 2.45. The lowest BCUT2D eigenvalue weighted by atomic mass is 10.1. The van der Waals surface area contributed by atoms with Gasteiger partial charge in [-0.25, -0.2) is 4.79 Å². The van der Waals surface area contributed by atoms with E-state index < -0.39 is 5.97 Å². The molecule has 5 nitrogen and oxygen atoms in total. The monoisotopic (exact) mass is 249 g/mol. The van der Waals surface area contributed by atoms with Gasteiger partial charge < -0.3 is 15.2 Å². The molecule has 0 saturated heterocycles. The summed E-state index contributed by atoms with van der Waals surface area (Å²) in [7, 11) is 1.49. The molecule has 2 N–H and O–H groups in total. The van der Waals surface area contributed by atoms with E-state index in [0.717, 1.165) is 6.42 Å². The van der Waals surface area contributed by atoms with Gasteiger partial charge in [0.1, 0.15) is 5.75 Å². The maximum absolute atomic E-state index is 11.8. The van der Waals surface area contributed by atoms with Crippen LogP contribution in [0.15, 0.2) is 18.2 Å². The highest BCUT2D eigenvalue weighted by atomic mass is 16.5. The number of amides is 1. The van der Waals surface area contributed by atoms with Gasteiger partial charge in [-0.3, -0.25) is 4.79 Å². The van der Waals surface area contributed by atoms with Gasteiger partial charge in [-0.1, -0.05) is 6.92 Å². The van der Waals surface area contributed by atoms with Gasteiger partial charge in [0.2, 0.25) is 5.91 Å². The normalized spacial score (nSPS) is 21.2. The lowest BCUT2D eigenvalue weighted by molar-refractivity contribution is -0.117. The molecule has 1 aromatic rings. The van der Waals surface area contributed by atoms with Crippen molar-refractivity contribution in [3.63, 3.8) is 0 Å². The standard InChI is InChI=1S/C13H15NO4/c1-7-5-10(7)12(15)14-11-6-8(18-2)3-4-9(11)13(16)17/h3-4,6-7,10H,5H2,1-2H3,(H,14,15)(H,16,17). The summed E-state index contributed by atoms with van der Waals surface area (Å²) in [6.45, 7) is 1.99. The number of hydrogen-bond acceptors (Lipinski definition) is 3. The maximum Gasteiger partial charge on any atom is 0.337 e. The van der Waals surface area contributed by atoms with Gasteiger partial charge in [-0.05, 0) is 24.5 Å². The molecule has 0 bridgehead atoms. The summed E-state index contributed by atoms with van der Waals surface area (Å²) in [5.41, 5.74) is 0.350. The van der Waals surface area contributed by atoms with Crippen molar-refractivity contribution in [1.82, 2.24) is 0 Å². The zero-order valence-electron chi connectivity index (χ0n) is 10.3. The number of carbonyl (C=O) groups excluding carboxylic acids is 1. The lowest BCUT2D eigenvalue weighted by Crippen LogP contribution is -2.17. The van der Waals surface area contributed by atoms with Crippen LogP contribution in [0.25, 0.3) is 0 Å². The van der Waals surface area contributed by atoms with Crippen molar-refractivity contribution in [2.75, 3.05) is 12.4 Å². The van der Waals surface area contributed by atoms with Gasteiger partial charge in [0.15, 0.2) is 0 Å². The summed E-state index contributed by atoms with van der Waals surface area (Å²) in [5.74, 6) is -0.309. The number of carbonyl (C=O) groups is 2. The van der Waals surface area contributed by atoms with Crippen LogP contribution < -0.4 is 10.1 Å². The van der Waals surface area contributed by atoms with Crippen LogP contribution in [-0.2, 0) is 4.79 Å². The molecule has 0 spiro atoms. The number of carboxylic acids is 1. The second kappa shape index (κ2) is 4.68. The number of aromatic carboxylic acids is 1. The van der Waals surface area contributed by atoms with Crippen molar-refractivity contribution in [1.29, 1.82) is 0 Å². The minimum atomic E-state index is -1.07. The van der Waals surface area contributed by atoms with Crippen molar-refractivity contribution >= 4 is 17.6 Å². The summed E-state index contributed by atoms with van der Waals surface area (Å²) in [6.07, 6.45) is 0.859. The van der Waals surface area contributed by atoms with Crippen LogP contribution in [0.3, 0.4) is 0 Å². The van der Waals surface area contributed by atoms with E-state index in [1.807, 2.05) is 6.92 Å². The predicted molar refractivity (Wildman–Crippen MR) is 65.9 cm³/mol. The summed E-state index contributed by atoms with van der Waals surface area (Å²) in [5, 5.41) is 11.7. The molecule has 1 aliphatic rings. The van der Waals surface area contributed by atoms with Crippen LogP contribution in [0.5, 0.6) is 5.75 Å². The average Bonchev–Trinajstić information content (AvgIpc) is 3.06. The highest BCUT2D eigenvalue weighted by Crippen LogP contribution is 2.38. The summed E-state index contributed by atoms with van der Waals surface area (Å²) >= 11 is 0. The van der Waals surface area contributed by atoms with Crippen molar-refractivity contribution in [3.05, 3.63) is 23.8 Å². The molecule has 18 heavy (non-hydrogen) atoms. The molecule has 0 aliphatic heterocycles. The van der Waals surface area contributed by atoms with E-state index in [2.05, 4.69) is 5.32 Å². The number of anilines is 1. The van der Waals surface area contributed by atoms with Crippen LogP contribution in [-0.4, -0.2) is 24.1 Å². The molecule has 5 heteroatoms. The van der Waals surface area contributed by atoms with Crippen molar-refractivity contribution in [3.8, 4) is 5.75 Å². The van der Waals surface area contributed by atoms with E-state index in [9.17, 15) is 9.59 Å². The van der Waals surface area contributed by atoms with E-state index in [1.54, 1.807) is 6.07 Å². The molecule has 1 saturated carbocycles. The molecule has 2 unspecified atom stereocenters. The molecule has 0 radical (unpaired) electrons. The highest BCUT2D eigenvalue weighted by Gasteiger charge is 2.39. The fourth-order valence-electron chi connectivity index (χ4n) is 1.85. The molecule has 0 aromatic heterocycles. The Hall–Kier alpha value is -2.04. The second-order valence-corrected chi connectivity index (χ2v) is 4.53. The predicted octanol–water partition coefficient (Wildman–Crippen LogP) is 1.99. The first-order valence-corrected chi connectivity index (χ1v) is 5.75. The molecule has 1 amide bonds. The van der Waals surface area contributed by atoms with Crippen LogP contribution in [0.1, 0.15) is 23.7 Å². The van der Waals surface area contributed by atoms with Gasteiger partial charge in [-0.15, -0.1) is 0 Å². The average molecular weight is 249 g/mol. The molecular weight excluding hydrogens is 234 g/mol. The van der Waals surface area contributed by atoms with Gasteiger partial charge >= 0.3 is 5.97 Å². The van der Waals surface area contributed by atoms with E-state index in [1.165, 1.54) is 19.2 Å². The first-order valence-electron chi connectivity index (χ1n) is 5.75. The van der Waals surface area contributed by atoms with E-state index >= 15 is 0 Å². The van der Waals surface area contributed by atoms with Crippen molar-refractivity contribution in [2.45, 2.75) is 13.3 Å². The molecule has 1 fully saturated rings. The number of methoxy groups -OCH3 is 1. The molecule has 0 heterocycles. The van der Waals surface area contributed by atoms with E-state index in [0.29, 0.717) is 11.7 Å². The minimum Gasteiger partial charge on any atom is -0.497 e. The van der Waals surface area contributed by atoms with Gasteiger partial charge in [0, 0.05) is 12.0 Å². The van der Waals surface area contributed by atoms with Gasteiger partial charge in [0.05, 0.1) is 18.4 Å². The number of benzene rings is 1. The minimum absolute atomic E-state index is 0.00199. The fourth-order valence-corrected chi connectivity index (χ4v) is 1.85. The maximum atomic E-state index is 11.8. The van der Waals surface area contributed by atoms with Crippen LogP contribution in [0.2, 0.25) is 0 Å². The first kappa shape index (κ1) is 12.4.